The number of nitrogens with zero attached hydrogens (tertiary/aromatic N) is 6. The van der Waals surface area contributed by atoms with E-state index >= 15 is 0 Å². The second-order valence-electron chi connectivity index (χ2n) is 7.08. The molecular weight excluding hydrogens is 501 g/mol. The molecule has 0 radical (unpaired) electrons. The van der Waals surface area contributed by atoms with Crippen molar-refractivity contribution in [3.05, 3.63) is 106 Å². The van der Waals surface area contributed by atoms with Crippen molar-refractivity contribution in [1.82, 2.24) is 29.1 Å². The SMILES string of the molecule is [C-]#[N+]c1nn(-c2cc(Cl)c(-n3ncc4c3ccc(=O)n4Cc3ccsc3)c(Cl)c2)c(=O)[nH]c1=O. The van der Waals surface area contributed by atoms with Gasteiger partial charge in [-0.25, -0.2) is 9.48 Å². The second kappa shape index (κ2) is 8.42. The topological polar surface area (TPSA) is 112 Å². The molecule has 0 amide bonds. The fourth-order valence-corrected chi connectivity index (χ4v) is 4.79. The van der Waals surface area contributed by atoms with Crippen molar-refractivity contribution in [2.24, 2.45) is 0 Å². The lowest BCUT2D eigenvalue weighted by atomic mass is 10.2. The smallest absolute Gasteiger partial charge is 0.354 e. The standard InChI is InChI=1S/C21H11Cl2N7O3S/c1-24-19-20(32)26-21(33)29(27-19)12-6-13(22)18(14(23)7-12)30-15-2-3-17(31)28(16(15)8-25-30)9-11-4-5-34-10-11/h2-8,10H,9H2,(H,26,32,33). The van der Waals surface area contributed by atoms with E-state index in [1.54, 1.807) is 28.2 Å². The average molecular weight is 512 g/mol. The Morgan fingerprint density at radius 3 is 2.50 bits per heavy atom. The first-order valence-corrected chi connectivity index (χ1v) is 11.3. The van der Waals surface area contributed by atoms with Crippen LogP contribution in [0.15, 0.2) is 61.7 Å². The number of aromatic amines is 1. The third-order valence-electron chi connectivity index (χ3n) is 5.02. The highest BCUT2D eigenvalue weighted by Crippen LogP contribution is 2.33. The van der Waals surface area contributed by atoms with Gasteiger partial charge in [0.05, 0.1) is 39.5 Å². The Hall–Kier alpha value is -3.98. The van der Waals surface area contributed by atoms with E-state index in [2.05, 4.69) is 15.0 Å². The molecule has 0 atom stereocenters. The molecule has 0 saturated carbocycles. The Kier molecular flexibility index (Phi) is 5.41. The van der Waals surface area contributed by atoms with Crippen LogP contribution in [-0.4, -0.2) is 29.1 Å². The number of hydrogen-bond acceptors (Lipinski definition) is 6. The lowest BCUT2D eigenvalue weighted by molar-refractivity contribution is 0.761. The molecule has 0 fully saturated rings. The first-order chi connectivity index (χ1) is 16.4. The zero-order valence-corrected chi connectivity index (χ0v) is 19.2. The van der Waals surface area contributed by atoms with Gasteiger partial charge in [-0.05, 0) is 45.7 Å². The lowest BCUT2D eigenvalue weighted by Crippen LogP contribution is -2.30. The number of fused-ring (bicyclic) bond motifs is 1. The molecule has 0 aliphatic carbocycles. The van der Waals surface area contributed by atoms with Crippen LogP contribution in [0.2, 0.25) is 10.0 Å². The summed E-state index contributed by atoms with van der Waals surface area (Å²) in [5.41, 5.74) is 0.744. The zero-order chi connectivity index (χ0) is 24.0. The van der Waals surface area contributed by atoms with Crippen molar-refractivity contribution < 1.29 is 0 Å². The van der Waals surface area contributed by atoms with Crippen LogP contribution < -0.4 is 16.8 Å². The molecule has 1 aromatic carbocycles. The molecule has 0 unspecified atom stereocenters. The maximum Gasteiger partial charge on any atom is 0.365 e. The molecule has 4 heterocycles. The predicted octanol–water partition coefficient (Wildman–Crippen LogP) is 3.39. The molecule has 0 saturated heterocycles. The fraction of sp³-hybridized carbons (Fsp3) is 0.0476. The molecule has 168 valence electrons. The van der Waals surface area contributed by atoms with E-state index in [1.807, 2.05) is 21.8 Å². The fourth-order valence-electron chi connectivity index (χ4n) is 3.49. The third-order valence-corrected chi connectivity index (χ3v) is 6.33. The number of nitrogens with one attached hydrogen (secondary N) is 1. The predicted molar refractivity (Wildman–Crippen MR) is 129 cm³/mol. The minimum Gasteiger partial charge on any atom is -0.354 e. The minimum atomic E-state index is -0.887. The largest absolute Gasteiger partial charge is 0.365 e. The van der Waals surface area contributed by atoms with E-state index < -0.39 is 17.1 Å². The third kappa shape index (κ3) is 3.63. The summed E-state index contributed by atoms with van der Waals surface area (Å²) in [5, 5.41) is 12.3. The zero-order valence-electron chi connectivity index (χ0n) is 16.9. The van der Waals surface area contributed by atoms with Gasteiger partial charge in [0.2, 0.25) is 0 Å². The first kappa shape index (κ1) is 21.8. The quantitative estimate of drug-likeness (QED) is 0.371. The van der Waals surface area contributed by atoms with Gasteiger partial charge in [-0.2, -0.15) is 16.4 Å². The van der Waals surface area contributed by atoms with Crippen LogP contribution in [-0.2, 0) is 6.54 Å². The van der Waals surface area contributed by atoms with Crippen molar-refractivity contribution in [2.75, 3.05) is 0 Å². The Morgan fingerprint density at radius 1 is 1.06 bits per heavy atom. The van der Waals surface area contributed by atoms with E-state index in [0.29, 0.717) is 23.3 Å². The minimum absolute atomic E-state index is 0.132. The summed E-state index contributed by atoms with van der Waals surface area (Å²) in [5.74, 6) is -0.502. The van der Waals surface area contributed by atoms with Crippen molar-refractivity contribution in [3.63, 3.8) is 0 Å². The molecule has 34 heavy (non-hydrogen) atoms. The van der Waals surface area contributed by atoms with E-state index in [9.17, 15) is 14.4 Å². The Morgan fingerprint density at radius 2 is 1.82 bits per heavy atom. The van der Waals surface area contributed by atoms with Crippen LogP contribution in [0.1, 0.15) is 5.56 Å². The van der Waals surface area contributed by atoms with E-state index in [1.165, 1.54) is 22.9 Å². The number of H-pyrrole nitrogens is 1. The molecular formula is C21H11Cl2N7O3S. The summed E-state index contributed by atoms with van der Waals surface area (Å²) in [4.78, 5) is 41.4. The number of benzene rings is 1. The highest BCUT2D eigenvalue weighted by molar-refractivity contribution is 7.07. The molecule has 4 aromatic heterocycles. The molecule has 5 aromatic rings. The Bertz CT molecular complexity index is 1770. The van der Waals surface area contributed by atoms with E-state index in [0.717, 1.165) is 10.2 Å². The molecule has 0 bridgehead atoms. The maximum atomic E-state index is 12.5. The molecule has 0 aliphatic heterocycles. The maximum absolute atomic E-state index is 12.5. The number of halogens is 2. The lowest BCUT2D eigenvalue weighted by Gasteiger charge is -2.11. The highest BCUT2D eigenvalue weighted by Gasteiger charge is 2.19. The summed E-state index contributed by atoms with van der Waals surface area (Å²) in [6.45, 7) is 7.42. The van der Waals surface area contributed by atoms with Crippen LogP contribution in [0.5, 0.6) is 0 Å². The first-order valence-electron chi connectivity index (χ1n) is 9.57. The number of aromatic nitrogens is 6. The van der Waals surface area contributed by atoms with Gasteiger partial charge in [-0.1, -0.05) is 29.8 Å². The van der Waals surface area contributed by atoms with E-state index in [4.69, 9.17) is 29.8 Å². The number of pyridine rings is 1. The molecule has 0 spiro atoms. The van der Waals surface area contributed by atoms with Crippen LogP contribution >= 0.6 is 34.5 Å². The highest BCUT2D eigenvalue weighted by atomic mass is 35.5. The van der Waals surface area contributed by atoms with Gasteiger partial charge in [0, 0.05) is 6.07 Å². The van der Waals surface area contributed by atoms with Gasteiger partial charge in [0.1, 0.15) is 5.69 Å². The molecule has 13 heteroatoms. The molecule has 5 rings (SSSR count). The van der Waals surface area contributed by atoms with Gasteiger partial charge in [0.15, 0.2) is 0 Å². The van der Waals surface area contributed by atoms with Crippen molar-refractivity contribution in [2.45, 2.75) is 6.54 Å². The van der Waals surface area contributed by atoms with Gasteiger partial charge in [-0.3, -0.25) is 14.6 Å². The monoisotopic (exact) mass is 511 g/mol. The van der Waals surface area contributed by atoms with Gasteiger partial charge >= 0.3 is 11.5 Å². The summed E-state index contributed by atoms with van der Waals surface area (Å²) in [7, 11) is 0. The Labute approximate surface area is 203 Å². The summed E-state index contributed by atoms with van der Waals surface area (Å²) >= 11 is 14.6. The van der Waals surface area contributed by atoms with Gasteiger partial charge in [-0.15, -0.1) is 4.68 Å². The van der Waals surface area contributed by atoms with Gasteiger partial charge in [0.25, 0.3) is 11.1 Å². The molecule has 1 N–H and O–H groups in total. The van der Waals surface area contributed by atoms with E-state index in [-0.39, 0.29) is 21.3 Å². The molecule has 10 nitrogen and oxygen atoms in total. The summed E-state index contributed by atoms with van der Waals surface area (Å²) in [6, 6.07) is 7.85. The molecule has 0 aliphatic rings. The normalized spacial score (nSPS) is 11.1. The van der Waals surface area contributed by atoms with Crippen LogP contribution in [0.4, 0.5) is 5.82 Å². The van der Waals surface area contributed by atoms with Crippen LogP contribution in [0.25, 0.3) is 27.3 Å². The summed E-state index contributed by atoms with van der Waals surface area (Å²) in [6.07, 6.45) is 1.56. The van der Waals surface area contributed by atoms with Crippen molar-refractivity contribution >= 4 is 51.4 Å². The second-order valence-corrected chi connectivity index (χ2v) is 8.68. The summed E-state index contributed by atoms with van der Waals surface area (Å²) < 4.78 is 3.93. The van der Waals surface area contributed by atoms with Crippen LogP contribution in [0.3, 0.4) is 0 Å². The average Bonchev–Trinajstić information content (AvgIpc) is 3.46. The van der Waals surface area contributed by atoms with Crippen molar-refractivity contribution in [1.29, 1.82) is 0 Å². The van der Waals surface area contributed by atoms with Gasteiger partial charge < -0.3 is 9.41 Å². The van der Waals surface area contributed by atoms with Crippen LogP contribution in [0, 0.1) is 6.57 Å². The number of hydrogen-bond donors (Lipinski definition) is 1. The number of thiophene rings is 1. The Balaban J connectivity index is 1.65. The van der Waals surface area contributed by atoms with Crippen molar-refractivity contribution in [3.8, 4) is 11.4 Å². The number of rotatable bonds is 4.